The second-order valence-electron chi connectivity index (χ2n) is 4.24. The molecule has 0 aromatic carbocycles. The first kappa shape index (κ1) is 11.9. The lowest BCUT2D eigenvalue weighted by Crippen LogP contribution is -2.50. The van der Waals surface area contributed by atoms with Crippen molar-refractivity contribution in [3.05, 3.63) is 23.4 Å². The van der Waals surface area contributed by atoms with E-state index in [0.29, 0.717) is 0 Å². The monoisotopic (exact) mass is 211 g/mol. The number of quaternary nitrogens is 1. The maximum absolute atomic E-state index is 11.7. The lowest BCUT2D eigenvalue weighted by Gasteiger charge is -2.29. The molecule has 0 aromatic rings. The summed E-state index contributed by atoms with van der Waals surface area (Å²) < 4.78 is 0.192. The molecule has 1 rings (SSSR count). The molecule has 0 fully saturated rings. The van der Waals surface area contributed by atoms with Gasteiger partial charge in [-0.1, -0.05) is 11.6 Å². The molecule has 4 heteroatoms. The molecule has 1 aliphatic rings. The number of amides is 2. The number of nitrogens with zero attached hydrogens (tertiary/aromatic N) is 1. The van der Waals surface area contributed by atoms with E-state index in [0.717, 1.165) is 18.5 Å². The molecule has 2 amide bonds. The summed E-state index contributed by atoms with van der Waals surface area (Å²) in [5.74, 6) is 0. The Balaban J connectivity index is 2.82. The minimum absolute atomic E-state index is 0.156. The fraction of sp³-hybridized carbons (Fsp3) is 0.545. The van der Waals surface area contributed by atoms with Crippen molar-refractivity contribution in [3.8, 4) is 0 Å². The summed E-state index contributed by atoms with van der Waals surface area (Å²) in [4.78, 5) is 16.4. The van der Waals surface area contributed by atoms with E-state index in [2.05, 4.69) is 23.3 Å². The molecule has 0 saturated heterocycles. The average Bonchev–Trinajstić information content (AvgIpc) is 2.18. The van der Waals surface area contributed by atoms with Gasteiger partial charge in [0.15, 0.2) is 0 Å². The normalized spacial score (nSPS) is 16.8. The average molecular weight is 211 g/mol. The van der Waals surface area contributed by atoms with Gasteiger partial charge in [0.05, 0.1) is 21.2 Å². The Morgan fingerprint density at radius 2 is 2.07 bits per heavy atom. The number of urea groups is 1. The van der Waals surface area contributed by atoms with Crippen molar-refractivity contribution >= 4 is 6.03 Å². The third-order valence-electron chi connectivity index (χ3n) is 2.75. The molecule has 15 heavy (non-hydrogen) atoms. The van der Waals surface area contributed by atoms with Gasteiger partial charge in [-0.3, -0.25) is 4.84 Å². The van der Waals surface area contributed by atoms with E-state index in [1.807, 2.05) is 20.2 Å². The van der Waals surface area contributed by atoms with E-state index >= 15 is 0 Å². The number of nitrogens with one attached hydrogen (secondary N) is 1. The van der Waals surface area contributed by atoms with Crippen molar-refractivity contribution in [2.24, 2.45) is 0 Å². The summed E-state index contributed by atoms with van der Waals surface area (Å²) in [6.07, 6.45) is 6.03. The van der Waals surface area contributed by atoms with Gasteiger partial charge in [-0.05, 0) is 19.4 Å². The number of hydrogen-bond acceptors (Lipinski definition) is 2. The van der Waals surface area contributed by atoms with E-state index < -0.39 is 0 Å². The molecule has 0 saturated carbocycles. The summed E-state index contributed by atoms with van der Waals surface area (Å²) in [6.45, 7) is 2.10. The van der Waals surface area contributed by atoms with Gasteiger partial charge in [0.25, 0.3) is 0 Å². The highest BCUT2D eigenvalue weighted by Gasteiger charge is 2.32. The Morgan fingerprint density at radius 3 is 2.53 bits per heavy atom. The van der Waals surface area contributed by atoms with Crippen molar-refractivity contribution in [2.75, 3.05) is 21.2 Å². The fourth-order valence-electron chi connectivity index (χ4n) is 1.53. The summed E-state index contributed by atoms with van der Waals surface area (Å²) >= 11 is 0. The molecule has 84 valence electrons. The number of hydrogen-bond donors (Lipinski definition) is 1. The maximum Gasteiger partial charge on any atom is 0.444 e. The first-order chi connectivity index (χ1) is 6.98. The second kappa shape index (κ2) is 4.59. The minimum atomic E-state index is -0.156. The number of carbonyl (C=O) groups is 1. The molecular formula is C11H19N2O2+. The predicted molar refractivity (Wildman–Crippen MR) is 58.7 cm³/mol. The van der Waals surface area contributed by atoms with E-state index in [4.69, 9.17) is 0 Å². The zero-order chi connectivity index (χ0) is 11.5. The van der Waals surface area contributed by atoms with Gasteiger partial charge in [-0.25, -0.2) is 9.28 Å². The van der Waals surface area contributed by atoms with Crippen LogP contribution < -0.4 is 5.48 Å². The van der Waals surface area contributed by atoms with Crippen LogP contribution in [0.25, 0.3) is 0 Å². The van der Waals surface area contributed by atoms with Gasteiger partial charge >= 0.3 is 6.03 Å². The lowest BCUT2D eigenvalue weighted by molar-refractivity contribution is -0.771. The van der Waals surface area contributed by atoms with Crippen LogP contribution in [0.5, 0.6) is 0 Å². The highest BCUT2D eigenvalue weighted by atomic mass is 16.6. The highest BCUT2D eigenvalue weighted by Crippen LogP contribution is 2.24. The Labute approximate surface area is 90.8 Å². The van der Waals surface area contributed by atoms with Gasteiger partial charge in [0, 0.05) is 6.42 Å². The Kier molecular flexibility index (Phi) is 3.66. The van der Waals surface area contributed by atoms with Crippen molar-refractivity contribution in [3.63, 3.8) is 0 Å². The minimum Gasteiger partial charge on any atom is -0.272 e. The van der Waals surface area contributed by atoms with Crippen molar-refractivity contribution < 1.29 is 14.1 Å². The lowest BCUT2D eigenvalue weighted by atomic mass is 10.0. The van der Waals surface area contributed by atoms with Crippen LogP contribution in [0.4, 0.5) is 4.79 Å². The molecule has 0 radical (unpaired) electrons. The smallest absolute Gasteiger partial charge is 0.272 e. The summed E-state index contributed by atoms with van der Waals surface area (Å²) in [5, 5.41) is 0. The Bertz CT molecular complexity index is 317. The topological polar surface area (TPSA) is 38.3 Å². The first-order valence-corrected chi connectivity index (χ1v) is 5.03. The van der Waals surface area contributed by atoms with Crippen LogP contribution in [0.1, 0.15) is 19.8 Å². The van der Waals surface area contributed by atoms with Crippen LogP contribution in [-0.2, 0) is 4.84 Å². The third kappa shape index (κ3) is 2.67. The molecule has 4 nitrogen and oxygen atoms in total. The van der Waals surface area contributed by atoms with Gasteiger partial charge in [-0.2, -0.15) is 5.48 Å². The van der Waals surface area contributed by atoms with Crippen LogP contribution in [0.15, 0.2) is 23.4 Å². The summed E-state index contributed by atoms with van der Waals surface area (Å²) in [6, 6.07) is -0.156. The molecule has 0 unspecified atom stereocenters. The van der Waals surface area contributed by atoms with E-state index in [-0.39, 0.29) is 10.5 Å². The zero-order valence-corrected chi connectivity index (χ0v) is 9.83. The van der Waals surface area contributed by atoms with E-state index in [1.165, 1.54) is 12.7 Å². The van der Waals surface area contributed by atoms with E-state index in [9.17, 15) is 4.79 Å². The van der Waals surface area contributed by atoms with Gasteiger partial charge < -0.3 is 0 Å². The molecule has 1 N–H and O–H groups in total. The number of hydroxylamine groups is 1. The molecule has 0 aromatic heterocycles. The van der Waals surface area contributed by atoms with Crippen LogP contribution in [0.2, 0.25) is 0 Å². The molecule has 0 bridgehead atoms. The molecule has 0 atom stereocenters. The molecule has 0 aliphatic heterocycles. The summed E-state index contributed by atoms with van der Waals surface area (Å²) in [7, 11) is 5.15. The third-order valence-corrected chi connectivity index (χ3v) is 2.75. The Hall–Kier alpha value is -1.13. The molecule has 1 aliphatic carbocycles. The largest absolute Gasteiger partial charge is 0.444 e. The number of rotatable bonds is 2. The molecule has 0 spiro atoms. The molecule has 0 heterocycles. The highest BCUT2D eigenvalue weighted by molar-refractivity contribution is 5.66. The maximum atomic E-state index is 11.7. The van der Waals surface area contributed by atoms with Crippen LogP contribution >= 0.6 is 0 Å². The SMILES string of the molecule is CONC(=O)[N+](C)(C)C1=CC=C(C)CC1. The fourth-order valence-corrected chi connectivity index (χ4v) is 1.53. The van der Waals surface area contributed by atoms with Gasteiger partial charge in [-0.15, -0.1) is 0 Å². The van der Waals surface area contributed by atoms with Crippen molar-refractivity contribution in [1.29, 1.82) is 0 Å². The van der Waals surface area contributed by atoms with E-state index in [1.54, 1.807) is 0 Å². The first-order valence-electron chi connectivity index (χ1n) is 5.03. The van der Waals surface area contributed by atoms with Crippen LogP contribution in [-0.4, -0.2) is 31.7 Å². The van der Waals surface area contributed by atoms with Gasteiger partial charge in [0.1, 0.15) is 5.70 Å². The van der Waals surface area contributed by atoms with Gasteiger partial charge in [0.2, 0.25) is 0 Å². The quantitative estimate of drug-likeness (QED) is 0.560. The van der Waals surface area contributed by atoms with Crippen molar-refractivity contribution in [2.45, 2.75) is 19.8 Å². The standard InChI is InChI=1S/C11H18N2O2/c1-9-5-7-10(8-6-9)13(2,3)11(14)12-15-4/h5,7H,6,8H2,1-4H3/p+1. The second-order valence-corrected chi connectivity index (χ2v) is 4.24. The predicted octanol–water partition coefficient (Wildman–Crippen LogP) is 1.96. The van der Waals surface area contributed by atoms with Crippen molar-refractivity contribution in [1.82, 2.24) is 5.48 Å². The zero-order valence-electron chi connectivity index (χ0n) is 9.83. The van der Waals surface area contributed by atoms with Crippen LogP contribution in [0, 0.1) is 0 Å². The molecular weight excluding hydrogens is 192 g/mol. The Morgan fingerprint density at radius 1 is 1.40 bits per heavy atom. The number of carbonyl (C=O) groups excluding carboxylic acids is 1. The van der Waals surface area contributed by atoms with Crippen LogP contribution in [0.3, 0.4) is 0 Å². The number of allylic oxidation sites excluding steroid dienone is 4. The summed E-state index contributed by atoms with van der Waals surface area (Å²) in [5.41, 5.74) is 4.81.